The maximum absolute atomic E-state index is 10.5. The summed E-state index contributed by atoms with van der Waals surface area (Å²) >= 11 is 0. The Morgan fingerprint density at radius 2 is 1.78 bits per heavy atom. The number of benzene rings is 1. The maximum atomic E-state index is 10.5. The first-order valence-electron chi connectivity index (χ1n) is 8.35. The highest BCUT2D eigenvalue weighted by atomic mass is 16.5. The Labute approximate surface area is 137 Å². The van der Waals surface area contributed by atoms with Crippen LogP contribution < -0.4 is 9.64 Å². The summed E-state index contributed by atoms with van der Waals surface area (Å²) in [7, 11) is 3.82. The molecule has 3 rings (SSSR count). The van der Waals surface area contributed by atoms with Crippen LogP contribution in [0, 0.1) is 5.41 Å². The normalized spacial score (nSPS) is 21.0. The Balaban J connectivity index is 1.69. The van der Waals surface area contributed by atoms with E-state index in [0.29, 0.717) is 16.9 Å². The summed E-state index contributed by atoms with van der Waals surface area (Å²) in [5, 5.41) is 0. The molecule has 5 nitrogen and oxygen atoms in total. The number of aliphatic imine (C=N–C) groups is 1. The standard InChI is InChI=1S/C18H25N3O2/c1-20-9-5-18(6-10-20)7-11-21(12-8-18)15-3-4-16(19-14-22)17(13-15)23-2/h3-4,13H,5-12H2,1-2H3. The van der Waals surface area contributed by atoms with E-state index in [0.717, 1.165) is 18.8 Å². The number of isocyanates is 1. The fourth-order valence-corrected chi connectivity index (χ4v) is 3.84. The molecular weight excluding hydrogens is 290 g/mol. The van der Waals surface area contributed by atoms with Gasteiger partial charge in [0.2, 0.25) is 6.08 Å². The number of piperidine rings is 2. The van der Waals surface area contributed by atoms with Crippen LogP contribution >= 0.6 is 0 Å². The summed E-state index contributed by atoms with van der Waals surface area (Å²) in [6.45, 7) is 4.63. The number of carbonyl (C=O) groups excluding carboxylic acids is 1. The molecule has 0 amide bonds. The summed E-state index contributed by atoms with van der Waals surface area (Å²) in [6, 6.07) is 5.83. The van der Waals surface area contributed by atoms with Gasteiger partial charge in [-0.2, -0.15) is 4.99 Å². The average molecular weight is 315 g/mol. The third-order valence-electron chi connectivity index (χ3n) is 5.57. The van der Waals surface area contributed by atoms with Gasteiger partial charge in [0.1, 0.15) is 11.4 Å². The molecule has 2 aliphatic rings. The molecule has 0 unspecified atom stereocenters. The van der Waals surface area contributed by atoms with Crippen molar-refractivity contribution in [1.82, 2.24) is 4.90 Å². The number of hydrogen-bond acceptors (Lipinski definition) is 5. The van der Waals surface area contributed by atoms with Crippen LogP contribution in [0.25, 0.3) is 0 Å². The van der Waals surface area contributed by atoms with E-state index in [-0.39, 0.29) is 0 Å². The Bertz CT molecular complexity index is 592. The van der Waals surface area contributed by atoms with Crippen molar-refractivity contribution in [3.8, 4) is 5.75 Å². The van der Waals surface area contributed by atoms with E-state index in [1.54, 1.807) is 13.2 Å². The first-order valence-corrected chi connectivity index (χ1v) is 8.35. The number of hydrogen-bond donors (Lipinski definition) is 0. The number of anilines is 1. The Kier molecular flexibility index (Phi) is 4.69. The van der Waals surface area contributed by atoms with Crippen LogP contribution in [-0.2, 0) is 4.79 Å². The van der Waals surface area contributed by atoms with Crippen LogP contribution in [0.4, 0.5) is 11.4 Å². The molecule has 0 atom stereocenters. The summed E-state index contributed by atoms with van der Waals surface area (Å²) < 4.78 is 5.35. The topological polar surface area (TPSA) is 45.1 Å². The number of methoxy groups -OCH3 is 1. The first kappa shape index (κ1) is 16.0. The molecule has 2 fully saturated rings. The fourth-order valence-electron chi connectivity index (χ4n) is 3.84. The molecule has 0 saturated carbocycles. The molecule has 0 aliphatic carbocycles. The molecular formula is C18H25N3O2. The lowest BCUT2D eigenvalue weighted by Gasteiger charge is -2.46. The lowest BCUT2D eigenvalue weighted by molar-refractivity contribution is 0.0945. The van der Waals surface area contributed by atoms with E-state index in [4.69, 9.17) is 4.74 Å². The predicted octanol–water partition coefficient (Wildman–Crippen LogP) is 2.97. The first-order chi connectivity index (χ1) is 11.2. The van der Waals surface area contributed by atoms with Crippen molar-refractivity contribution in [2.75, 3.05) is 45.2 Å². The Morgan fingerprint density at radius 1 is 1.13 bits per heavy atom. The van der Waals surface area contributed by atoms with Crippen molar-refractivity contribution in [2.24, 2.45) is 10.4 Å². The SMILES string of the molecule is COc1cc(N2CCC3(CCN(C)CC3)CC2)ccc1N=C=O. The molecule has 5 heteroatoms. The second-order valence-corrected chi connectivity index (χ2v) is 6.85. The van der Waals surface area contributed by atoms with Gasteiger partial charge in [-0.15, -0.1) is 0 Å². The van der Waals surface area contributed by atoms with Gasteiger partial charge in [-0.1, -0.05) is 0 Å². The molecule has 1 spiro atoms. The molecule has 124 valence electrons. The van der Waals surface area contributed by atoms with E-state index >= 15 is 0 Å². The highest BCUT2D eigenvalue weighted by Gasteiger charge is 2.36. The summed E-state index contributed by atoms with van der Waals surface area (Å²) in [5.41, 5.74) is 2.24. The van der Waals surface area contributed by atoms with Crippen LogP contribution in [-0.4, -0.2) is 51.3 Å². The minimum Gasteiger partial charge on any atom is -0.494 e. The van der Waals surface area contributed by atoms with Gasteiger partial charge in [0.15, 0.2) is 0 Å². The highest BCUT2D eigenvalue weighted by Crippen LogP contribution is 2.42. The quantitative estimate of drug-likeness (QED) is 0.635. The van der Waals surface area contributed by atoms with Gasteiger partial charge < -0.3 is 14.5 Å². The molecule has 1 aromatic carbocycles. The van der Waals surface area contributed by atoms with Crippen molar-refractivity contribution in [2.45, 2.75) is 25.7 Å². The number of likely N-dealkylation sites (tertiary alicyclic amines) is 1. The molecule has 2 heterocycles. The minimum atomic E-state index is 0.537. The Hall–Kier alpha value is -1.84. The third kappa shape index (κ3) is 3.41. The van der Waals surface area contributed by atoms with Gasteiger partial charge in [0, 0.05) is 24.8 Å². The second kappa shape index (κ2) is 6.73. The summed E-state index contributed by atoms with van der Waals surface area (Å²) in [5.74, 6) is 0.630. The van der Waals surface area contributed by atoms with E-state index in [2.05, 4.69) is 21.8 Å². The van der Waals surface area contributed by atoms with Crippen LogP contribution in [0.5, 0.6) is 5.75 Å². The van der Waals surface area contributed by atoms with Crippen molar-refractivity contribution in [1.29, 1.82) is 0 Å². The fraction of sp³-hybridized carbons (Fsp3) is 0.611. The Morgan fingerprint density at radius 3 is 2.39 bits per heavy atom. The molecule has 0 N–H and O–H groups in total. The summed E-state index contributed by atoms with van der Waals surface area (Å²) in [6.07, 6.45) is 6.75. The van der Waals surface area contributed by atoms with Gasteiger partial charge in [-0.25, -0.2) is 4.79 Å². The van der Waals surface area contributed by atoms with Crippen LogP contribution in [0.2, 0.25) is 0 Å². The number of rotatable bonds is 3. The smallest absolute Gasteiger partial charge is 0.240 e. The van der Waals surface area contributed by atoms with Crippen LogP contribution in [0.3, 0.4) is 0 Å². The van der Waals surface area contributed by atoms with E-state index < -0.39 is 0 Å². The lowest BCUT2D eigenvalue weighted by Crippen LogP contribution is -2.46. The van der Waals surface area contributed by atoms with Gasteiger partial charge in [-0.05, 0) is 63.4 Å². The largest absolute Gasteiger partial charge is 0.494 e. The van der Waals surface area contributed by atoms with E-state index in [9.17, 15) is 4.79 Å². The van der Waals surface area contributed by atoms with Crippen molar-refractivity contribution in [3.63, 3.8) is 0 Å². The van der Waals surface area contributed by atoms with Gasteiger partial charge in [0.05, 0.1) is 7.11 Å². The molecule has 1 aromatic rings. The number of ether oxygens (including phenoxy) is 1. The van der Waals surface area contributed by atoms with Crippen molar-refractivity contribution < 1.29 is 9.53 Å². The molecule has 0 bridgehead atoms. The molecule has 2 aliphatic heterocycles. The van der Waals surface area contributed by atoms with Crippen molar-refractivity contribution >= 4 is 17.5 Å². The zero-order chi connectivity index (χ0) is 16.3. The minimum absolute atomic E-state index is 0.537. The van der Waals surface area contributed by atoms with Crippen LogP contribution in [0.15, 0.2) is 23.2 Å². The zero-order valence-corrected chi connectivity index (χ0v) is 14.0. The molecule has 0 radical (unpaired) electrons. The van der Waals surface area contributed by atoms with Gasteiger partial charge >= 0.3 is 0 Å². The van der Waals surface area contributed by atoms with E-state index in [1.165, 1.54) is 38.8 Å². The van der Waals surface area contributed by atoms with Crippen molar-refractivity contribution in [3.05, 3.63) is 18.2 Å². The highest BCUT2D eigenvalue weighted by molar-refractivity contribution is 5.64. The van der Waals surface area contributed by atoms with E-state index in [1.807, 2.05) is 18.2 Å². The molecule has 2 saturated heterocycles. The lowest BCUT2D eigenvalue weighted by atomic mass is 9.71. The molecule has 0 aromatic heterocycles. The maximum Gasteiger partial charge on any atom is 0.240 e. The molecule has 23 heavy (non-hydrogen) atoms. The predicted molar refractivity (Wildman–Crippen MR) is 91.4 cm³/mol. The van der Waals surface area contributed by atoms with Crippen LogP contribution in [0.1, 0.15) is 25.7 Å². The zero-order valence-electron chi connectivity index (χ0n) is 14.0. The average Bonchev–Trinajstić information content (AvgIpc) is 2.59. The second-order valence-electron chi connectivity index (χ2n) is 6.85. The van der Waals surface area contributed by atoms with Gasteiger partial charge in [-0.3, -0.25) is 0 Å². The monoisotopic (exact) mass is 315 g/mol. The number of nitrogens with zero attached hydrogens (tertiary/aromatic N) is 3. The van der Waals surface area contributed by atoms with Gasteiger partial charge in [0.25, 0.3) is 0 Å². The third-order valence-corrected chi connectivity index (χ3v) is 5.57. The summed E-state index contributed by atoms with van der Waals surface area (Å²) in [4.78, 5) is 19.0.